The third-order valence-electron chi connectivity index (χ3n) is 4.71. The fourth-order valence-corrected chi connectivity index (χ4v) is 3.10. The number of hydrogen-bond acceptors (Lipinski definition) is 5. The number of aromatic nitrogens is 1. The maximum absolute atomic E-state index is 12.6. The zero-order chi connectivity index (χ0) is 20.9. The molecule has 2 aromatic heterocycles. The molecular weight excluding hydrogens is 378 g/mol. The van der Waals surface area contributed by atoms with Crippen LogP contribution in [0.25, 0.3) is 11.1 Å². The average Bonchev–Trinajstić information content (AvgIpc) is 3.33. The predicted molar refractivity (Wildman–Crippen MR) is 117 cm³/mol. The number of carbonyl (C=O) groups excluding carboxylic acids is 1. The van der Waals surface area contributed by atoms with Gasteiger partial charge in [-0.05, 0) is 59.7 Å². The average molecular weight is 399 g/mol. The first kappa shape index (κ1) is 19.3. The second-order valence-electron chi connectivity index (χ2n) is 6.68. The van der Waals surface area contributed by atoms with Crippen LogP contribution in [0.2, 0.25) is 0 Å². The van der Waals surface area contributed by atoms with Crippen LogP contribution < -0.4 is 15.0 Å². The first-order chi connectivity index (χ1) is 14.6. The number of amides is 1. The Morgan fingerprint density at radius 2 is 1.83 bits per heavy atom. The maximum atomic E-state index is 12.6. The number of anilines is 3. The van der Waals surface area contributed by atoms with Crippen molar-refractivity contribution >= 4 is 23.1 Å². The molecular formula is C24H21N3O3. The van der Waals surface area contributed by atoms with Gasteiger partial charge in [0.15, 0.2) is 5.76 Å². The van der Waals surface area contributed by atoms with Crippen molar-refractivity contribution in [1.29, 1.82) is 0 Å². The summed E-state index contributed by atoms with van der Waals surface area (Å²) in [5, 5.41) is 3.29. The summed E-state index contributed by atoms with van der Waals surface area (Å²) in [5.41, 5.74) is 3.61. The summed E-state index contributed by atoms with van der Waals surface area (Å²) in [5.74, 6) is 1.59. The van der Waals surface area contributed by atoms with Gasteiger partial charge in [-0.3, -0.25) is 4.79 Å². The molecule has 6 heteroatoms. The molecule has 150 valence electrons. The Bertz CT molecular complexity index is 1160. The summed E-state index contributed by atoms with van der Waals surface area (Å²) in [6.45, 7) is 0. The van der Waals surface area contributed by atoms with E-state index in [2.05, 4.69) is 10.3 Å². The number of nitrogens with one attached hydrogen (secondary N) is 1. The van der Waals surface area contributed by atoms with Crippen LogP contribution in [0.5, 0.6) is 5.75 Å². The van der Waals surface area contributed by atoms with E-state index in [0.717, 1.165) is 28.3 Å². The molecule has 4 rings (SSSR count). The Balaban J connectivity index is 1.58. The smallest absolute Gasteiger partial charge is 0.293 e. The number of carbonyl (C=O) groups is 1. The van der Waals surface area contributed by atoms with Crippen LogP contribution >= 0.6 is 0 Å². The predicted octanol–water partition coefficient (Wildman–Crippen LogP) is 5.37. The highest BCUT2D eigenvalue weighted by Gasteiger charge is 2.16. The second-order valence-corrected chi connectivity index (χ2v) is 6.68. The number of ether oxygens (including phenoxy) is 1. The summed E-state index contributed by atoms with van der Waals surface area (Å²) >= 11 is 0. The lowest BCUT2D eigenvalue weighted by molar-refractivity contribution is 0.0966. The number of methoxy groups -OCH3 is 1. The van der Waals surface area contributed by atoms with Gasteiger partial charge in [0.2, 0.25) is 0 Å². The fourth-order valence-electron chi connectivity index (χ4n) is 3.10. The van der Waals surface area contributed by atoms with Crippen molar-refractivity contribution < 1.29 is 13.9 Å². The Kier molecular flexibility index (Phi) is 5.48. The van der Waals surface area contributed by atoms with Gasteiger partial charge >= 0.3 is 0 Å². The molecule has 2 aromatic carbocycles. The summed E-state index contributed by atoms with van der Waals surface area (Å²) in [7, 11) is 3.37. The molecule has 0 bridgehead atoms. The number of benzene rings is 2. The third-order valence-corrected chi connectivity index (χ3v) is 4.71. The van der Waals surface area contributed by atoms with Crippen LogP contribution in [0.3, 0.4) is 0 Å². The van der Waals surface area contributed by atoms with Crippen LogP contribution in [-0.4, -0.2) is 25.0 Å². The van der Waals surface area contributed by atoms with Gasteiger partial charge in [0, 0.05) is 30.7 Å². The molecule has 0 aliphatic carbocycles. The Hall–Kier alpha value is -4.06. The summed E-state index contributed by atoms with van der Waals surface area (Å²) in [4.78, 5) is 18.5. The number of rotatable bonds is 6. The molecule has 0 radical (unpaired) electrons. The normalized spacial score (nSPS) is 10.5. The molecule has 1 N–H and O–H groups in total. The molecule has 1 amide bonds. The van der Waals surface area contributed by atoms with Gasteiger partial charge in [0.05, 0.1) is 13.4 Å². The Morgan fingerprint density at radius 1 is 1.00 bits per heavy atom. The van der Waals surface area contributed by atoms with Gasteiger partial charge in [-0.15, -0.1) is 0 Å². The van der Waals surface area contributed by atoms with E-state index in [9.17, 15) is 4.79 Å². The molecule has 0 aliphatic heterocycles. The van der Waals surface area contributed by atoms with Crippen molar-refractivity contribution in [1.82, 2.24) is 4.98 Å². The zero-order valence-electron chi connectivity index (χ0n) is 16.7. The lowest BCUT2D eigenvalue weighted by atomic mass is 10.1. The van der Waals surface area contributed by atoms with E-state index in [1.165, 1.54) is 6.26 Å². The topological polar surface area (TPSA) is 67.6 Å². The Labute approximate surface area is 174 Å². The van der Waals surface area contributed by atoms with Crippen LogP contribution in [0.4, 0.5) is 17.2 Å². The van der Waals surface area contributed by atoms with Crippen molar-refractivity contribution in [3.63, 3.8) is 0 Å². The fraction of sp³-hybridized carbons (Fsp3) is 0.0833. The molecule has 0 spiro atoms. The minimum Gasteiger partial charge on any atom is -0.497 e. The highest BCUT2D eigenvalue weighted by Crippen LogP contribution is 2.28. The van der Waals surface area contributed by atoms with Crippen LogP contribution in [-0.2, 0) is 0 Å². The molecule has 0 aliphatic rings. The summed E-state index contributed by atoms with van der Waals surface area (Å²) in [6.07, 6.45) is 3.24. The van der Waals surface area contributed by atoms with Crippen LogP contribution in [0.15, 0.2) is 89.7 Å². The SMILES string of the molecule is COc1cccc(Nc2cc(-c3cccc(N(C)C(=O)c4ccco4)c3)ccn2)c1. The molecule has 6 nitrogen and oxygen atoms in total. The van der Waals surface area contributed by atoms with E-state index in [-0.39, 0.29) is 5.91 Å². The lowest BCUT2D eigenvalue weighted by Crippen LogP contribution is -2.25. The highest BCUT2D eigenvalue weighted by molar-refractivity contribution is 6.04. The van der Waals surface area contributed by atoms with E-state index >= 15 is 0 Å². The second kappa shape index (κ2) is 8.53. The summed E-state index contributed by atoms with van der Waals surface area (Å²) < 4.78 is 10.5. The molecule has 0 saturated carbocycles. The highest BCUT2D eigenvalue weighted by atomic mass is 16.5. The first-order valence-electron chi connectivity index (χ1n) is 9.43. The largest absolute Gasteiger partial charge is 0.497 e. The molecule has 2 heterocycles. The van der Waals surface area contributed by atoms with Crippen molar-refractivity contribution in [2.75, 3.05) is 24.4 Å². The minimum atomic E-state index is -0.202. The van der Waals surface area contributed by atoms with Crippen molar-refractivity contribution in [2.45, 2.75) is 0 Å². The molecule has 4 aromatic rings. The van der Waals surface area contributed by atoms with Crippen molar-refractivity contribution in [3.8, 4) is 16.9 Å². The van der Waals surface area contributed by atoms with E-state index in [0.29, 0.717) is 11.6 Å². The minimum absolute atomic E-state index is 0.202. The van der Waals surface area contributed by atoms with Gasteiger partial charge in [0.25, 0.3) is 5.91 Å². The summed E-state index contributed by atoms with van der Waals surface area (Å²) in [6, 6.07) is 22.7. The van der Waals surface area contributed by atoms with Crippen molar-refractivity contribution in [3.05, 3.63) is 91.0 Å². The third kappa shape index (κ3) is 4.17. The van der Waals surface area contributed by atoms with E-state index in [1.54, 1.807) is 37.4 Å². The van der Waals surface area contributed by atoms with Crippen molar-refractivity contribution in [2.24, 2.45) is 0 Å². The monoisotopic (exact) mass is 399 g/mol. The van der Waals surface area contributed by atoms with E-state index in [1.807, 2.05) is 60.7 Å². The van der Waals surface area contributed by atoms with E-state index in [4.69, 9.17) is 9.15 Å². The molecule has 30 heavy (non-hydrogen) atoms. The zero-order valence-corrected chi connectivity index (χ0v) is 16.7. The number of nitrogens with zero attached hydrogens (tertiary/aromatic N) is 2. The number of furan rings is 1. The van der Waals surface area contributed by atoms with Gasteiger partial charge in [0.1, 0.15) is 11.6 Å². The molecule has 0 saturated heterocycles. The molecule has 0 unspecified atom stereocenters. The standard InChI is InChI=1S/C24H21N3O3/c1-27(24(28)22-10-5-13-30-22)20-8-3-6-17(14-20)18-11-12-25-23(15-18)26-19-7-4-9-21(16-19)29-2/h3-16H,1-2H3,(H,25,26). The number of hydrogen-bond donors (Lipinski definition) is 1. The van der Waals surface area contributed by atoms with E-state index < -0.39 is 0 Å². The maximum Gasteiger partial charge on any atom is 0.293 e. The number of pyridine rings is 1. The van der Waals surface area contributed by atoms with Crippen LogP contribution in [0, 0.1) is 0 Å². The van der Waals surface area contributed by atoms with Gasteiger partial charge in [-0.2, -0.15) is 0 Å². The van der Waals surface area contributed by atoms with Gasteiger partial charge in [-0.25, -0.2) is 4.98 Å². The quantitative estimate of drug-likeness (QED) is 0.472. The lowest BCUT2D eigenvalue weighted by Gasteiger charge is -2.17. The molecule has 0 fully saturated rings. The van der Waals surface area contributed by atoms with Gasteiger partial charge in [-0.1, -0.05) is 18.2 Å². The Morgan fingerprint density at radius 3 is 2.63 bits per heavy atom. The van der Waals surface area contributed by atoms with Gasteiger partial charge < -0.3 is 19.4 Å². The van der Waals surface area contributed by atoms with Crippen LogP contribution in [0.1, 0.15) is 10.6 Å². The molecule has 0 atom stereocenters. The first-order valence-corrected chi connectivity index (χ1v) is 9.43.